The fraction of sp³-hybridized carbons (Fsp3) is 0.625. The summed E-state index contributed by atoms with van der Waals surface area (Å²) in [4.78, 5) is 24.5. The lowest BCUT2D eigenvalue weighted by atomic mass is 10.0. The summed E-state index contributed by atoms with van der Waals surface area (Å²) in [5, 5.41) is 0. The van der Waals surface area contributed by atoms with Crippen LogP contribution in [-0.2, 0) is 9.47 Å². The molecule has 0 spiro atoms. The van der Waals surface area contributed by atoms with Crippen molar-refractivity contribution < 1.29 is 14.3 Å². The second kappa shape index (κ2) is 6.43. The van der Waals surface area contributed by atoms with Crippen LogP contribution in [0.3, 0.4) is 0 Å². The van der Waals surface area contributed by atoms with Gasteiger partial charge in [-0.05, 0) is 46.1 Å². The quantitative estimate of drug-likeness (QED) is 0.803. The first-order valence-electron chi connectivity index (χ1n) is 7.47. The zero-order chi connectivity index (χ0) is 15.6. The standard InChI is InChI=1S/C16H23NO4/c1-5-20-16(19)15-10(2)8-14(18)17(12(15)4)13-6-7-21-11(3)9-13/h8,11,13H,5-7,9H2,1-4H3. The highest BCUT2D eigenvalue weighted by Gasteiger charge is 2.26. The molecule has 2 unspecified atom stereocenters. The Hall–Kier alpha value is -1.62. The van der Waals surface area contributed by atoms with Gasteiger partial charge in [-0.3, -0.25) is 4.79 Å². The first-order chi connectivity index (χ1) is 9.95. The number of ether oxygens (including phenoxy) is 2. The minimum absolute atomic E-state index is 0.0582. The second-order valence-electron chi connectivity index (χ2n) is 5.58. The Bertz CT molecular complexity index is 591. The maximum Gasteiger partial charge on any atom is 0.340 e. The fourth-order valence-electron chi connectivity index (χ4n) is 3.07. The number of pyridine rings is 1. The van der Waals surface area contributed by atoms with Crippen LogP contribution in [0, 0.1) is 13.8 Å². The van der Waals surface area contributed by atoms with E-state index in [0.717, 1.165) is 12.8 Å². The van der Waals surface area contributed by atoms with Crippen LogP contribution in [0.2, 0.25) is 0 Å². The molecule has 116 valence electrons. The molecule has 21 heavy (non-hydrogen) atoms. The highest BCUT2D eigenvalue weighted by molar-refractivity contribution is 5.92. The maximum absolute atomic E-state index is 12.4. The van der Waals surface area contributed by atoms with Crippen LogP contribution in [0.4, 0.5) is 0 Å². The topological polar surface area (TPSA) is 57.5 Å². The monoisotopic (exact) mass is 293 g/mol. The summed E-state index contributed by atoms with van der Waals surface area (Å²) < 4.78 is 12.4. The Morgan fingerprint density at radius 3 is 2.81 bits per heavy atom. The molecule has 5 heteroatoms. The number of rotatable bonds is 3. The van der Waals surface area contributed by atoms with Crippen molar-refractivity contribution in [2.75, 3.05) is 13.2 Å². The van der Waals surface area contributed by atoms with E-state index in [0.29, 0.717) is 30.0 Å². The zero-order valence-corrected chi connectivity index (χ0v) is 13.1. The van der Waals surface area contributed by atoms with Crippen molar-refractivity contribution in [3.63, 3.8) is 0 Å². The Kier molecular flexibility index (Phi) is 4.83. The van der Waals surface area contributed by atoms with E-state index in [1.165, 1.54) is 6.07 Å². The van der Waals surface area contributed by atoms with Gasteiger partial charge in [0.1, 0.15) is 0 Å². The van der Waals surface area contributed by atoms with Gasteiger partial charge in [-0.15, -0.1) is 0 Å². The third kappa shape index (κ3) is 3.18. The maximum atomic E-state index is 12.4. The molecule has 0 aromatic carbocycles. The van der Waals surface area contributed by atoms with Crippen LogP contribution >= 0.6 is 0 Å². The van der Waals surface area contributed by atoms with Gasteiger partial charge >= 0.3 is 5.97 Å². The van der Waals surface area contributed by atoms with Gasteiger partial charge in [-0.1, -0.05) is 0 Å². The van der Waals surface area contributed by atoms with Crippen molar-refractivity contribution in [2.24, 2.45) is 0 Å². The van der Waals surface area contributed by atoms with Crippen molar-refractivity contribution in [1.82, 2.24) is 4.57 Å². The van der Waals surface area contributed by atoms with Crippen LogP contribution in [0.15, 0.2) is 10.9 Å². The lowest BCUT2D eigenvalue weighted by Gasteiger charge is -2.30. The van der Waals surface area contributed by atoms with E-state index in [4.69, 9.17) is 9.47 Å². The summed E-state index contributed by atoms with van der Waals surface area (Å²) in [6, 6.07) is 1.61. The first kappa shape index (κ1) is 15.8. The predicted octanol–water partition coefficient (Wildman–Crippen LogP) is 2.38. The average molecular weight is 293 g/mol. The van der Waals surface area contributed by atoms with Crippen molar-refractivity contribution in [1.29, 1.82) is 0 Å². The van der Waals surface area contributed by atoms with Gasteiger partial charge in [0.05, 0.1) is 18.3 Å². The first-order valence-corrected chi connectivity index (χ1v) is 7.47. The number of carbonyl (C=O) groups excluding carboxylic acids is 1. The Morgan fingerprint density at radius 1 is 1.48 bits per heavy atom. The molecule has 5 nitrogen and oxygen atoms in total. The zero-order valence-electron chi connectivity index (χ0n) is 13.1. The van der Waals surface area contributed by atoms with Crippen molar-refractivity contribution in [2.45, 2.75) is 52.7 Å². The van der Waals surface area contributed by atoms with E-state index < -0.39 is 0 Å². The lowest BCUT2D eigenvalue weighted by molar-refractivity contribution is 0.00482. The SMILES string of the molecule is CCOC(=O)c1c(C)cc(=O)n(C2CCOC(C)C2)c1C. The second-order valence-corrected chi connectivity index (χ2v) is 5.58. The number of hydrogen-bond acceptors (Lipinski definition) is 4. The van der Waals surface area contributed by atoms with Crippen LogP contribution in [0.25, 0.3) is 0 Å². The molecule has 0 aliphatic carbocycles. The third-order valence-electron chi connectivity index (χ3n) is 4.00. The minimum Gasteiger partial charge on any atom is -0.462 e. The van der Waals surface area contributed by atoms with E-state index >= 15 is 0 Å². The largest absolute Gasteiger partial charge is 0.462 e. The van der Waals surface area contributed by atoms with E-state index in [-0.39, 0.29) is 23.7 Å². The summed E-state index contributed by atoms with van der Waals surface area (Å²) in [5.41, 5.74) is 1.82. The number of nitrogens with zero attached hydrogens (tertiary/aromatic N) is 1. The van der Waals surface area contributed by atoms with Crippen molar-refractivity contribution in [3.8, 4) is 0 Å². The normalized spacial score (nSPS) is 22.1. The molecular weight excluding hydrogens is 270 g/mol. The summed E-state index contributed by atoms with van der Waals surface area (Å²) in [5.74, 6) is -0.360. The Morgan fingerprint density at radius 2 is 2.19 bits per heavy atom. The third-order valence-corrected chi connectivity index (χ3v) is 4.00. The van der Waals surface area contributed by atoms with Gasteiger partial charge in [0, 0.05) is 24.4 Å². The lowest BCUT2D eigenvalue weighted by Crippen LogP contribution is -2.34. The summed E-state index contributed by atoms with van der Waals surface area (Å²) >= 11 is 0. The molecule has 0 amide bonds. The van der Waals surface area contributed by atoms with Gasteiger partial charge in [0.15, 0.2) is 0 Å². The molecule has 0 saturated carbocycles. The number of esters is 1. The highest BCUT2D eigenvalue weighted by atomic mass is 16.5. The molecule has 2 atom stereocenters. The summed E-state index contributed by atoms with van der Waals surface area (Å²) in [6.45, 7) is 8.34. The van der Waals surface area contributed by atoms with Crippen LogP contribution < -0.4 is 5.56 Å². The smallest absolute Gasteiger partial charge is 0.340 e. The highest BCUT2D eigenvalue weighted by Crippen LogP contribution is 2.26. The van der Waals surface area contributed by atoms with E-state index in [1.807, 2.05) is 13.8 Å². The van der Waals surface area contributed by atoms with E-state index in [2.05, 4.69) is 0 Å². The molecule has 1 aliphatic heterocycles. The molecule has 1 aromatic heterocycles. The molecule has 1 aliphatic rings. The van der Waals surface area contributed by atoms with Gasteiger partial charge < -0.3 is 14.0 Å². The van der Waals surface area contributed by atoms with E-state index in [9.17, 15) is 9.59 Å². The molecule has 1 saturated heterocycles. The van der Waals surface area contributed by atoms with Gasteiger partial charge in [-0.25, -0.2) is 4.79 Å². The molecular formula is C16H23NO4. The van der Waals surface area contributed by atoms with Gasteiger partial charge in [0.2, 0.25) is 0 Å². The van der Waals surface area contributed by atoms with E-state index in [1.54, 1.807) is 18.4 Å². The van der Waals surface area contributed by atoms with Crippen LogP contribution in [0.1, 0.15) is 54.3 Å². The molecule has 2 rings (SSSR count). The number of carbonyl (C=O) groups is 1. The van der Waals surface area contributed by atoms with Crippen LogP contribution in [0.5, 0.6) is 0 Å². The Labute approximate surface area is 124 Å². The molecule has 0 N–H and O–H groups in total. The van der Waals surface area contributed by atoms with Gasteiger partial charge in [-0.2, -0.15) is 0 Å². The predicted molar refractivity (Wildman–Crippen MR) is 79.8 cm³/mol. The Balaban J connectivity index is 2.48. The molecule has 1 fully saturated rings. The summed E-state index contributed by atoms with van der Waals surface area (Å²) in [7, 11) is 0. The average Bonchev–Trinajstić information content (AvgIpc) is 2.38. The van der Waals surface area contributed by atoms with Gasteiger partial charge in [0.25, 0.3) is 5.56 Å². The molecule has 0 bridgehead atoms. The van der Waals surface area contributed by atoms with Crippen molar-refractivity contribution in [3.05, 3.63) is 33.2 Å². The minimum atomic E-state index is -0.360. The molecule has 2 heterocycles. The summed E-state index contributed by atoms with van der Waals surface area (Å²) in [6.07, 6.45) is 1.70. The number of hydrogen-bond donors (Lipinski definition) is 0. The van der Waals surface area contributed by atoms with Crippen LogP contribution in [-0.4, -0.2) is 29.9 Å². The fourth-order valence-corrected chi connectivity index (χ4v) is 3.07. The number of aryl methyl sites for hydroxylation is 1. The van der Waals surface area contributed by atoms with Crippen molar-refractivity contribution >= 4 is 5.97 Å². The molecule has 0 radical (unpaired) electrons. The number of aromatic nitrogens is 1. The molecule has 1 aromatic rings.